The molecule has 2 aromatic rings. The maximum Gasteiger partial charge on any atom is 0.159 e. The fourth-order valence-electron chi connectivity index (χ4n) is 0.752. The van der Waals surface area contributed by atoms with Crippen LogP contribution in [-0.2, 0) is 0 Å². The quantitative estimate of drug-likeness (QED) is 0.430. The number of rotatable bonds is 0. The average molecular weight is 152 g/mol. The van der Waals surface area contributed by atoms with E-state index >= 15 is 0 Å². The molecule has 0 fully saturated rings. The lowest BCUT2D eigenvalue weighted by atomic mass is 10.4. The Morgan fingerprint density at radius 2 is 2.30 bits per heavy atom. The molecule has 0 aliphatic carbocycles. The molecule has 0 saturated heterocycles. The van der Waals surface area contributed by atoms with Crippen molar-refractivity contribution in [3.05, 3.63) is 12.5 Å². The van der Waals surface area contributed by atoms with Gasteiger partial charge in [-0.25, -0.2) is 9.97 Å². The molecule has 0 spiro atoms. The molecule has 5 heteroatoms. The average Bonchev–Trinajstić information content (AvgIpc) is 2.36. The fraction of sp³-hybridized carbons (Fsp3) is 0. The van der Waals surface area contributed by atoms with Crippen molar-refractivity contribution in [3.8, 4) is 0 Å². The molecular formula is C5H4N4S. The summed E-state index contributed by atoms with van der Waals surface area (Å²) in [7, 11) is 0. The Kier molecular flexibility index (Phi) is 1.10. The van der Waals surface area contributed by atoms with Crippen molar-refractivity contribution in [3.63, 3.8) is 0 Å². The molecule has 0 atom stereocenters. The van der Waals surface area contributed by atoms with Crippen LogP contribution < -0.4 is 0 Å². The van der Waals surface area contributed by atoms with E-state index in [1.165, 1.54) is 6.33 Å². The van der Waals surface area contributed by atoms with Crippen molar-refractivity contribution in [2.24, 2.45) is 0 Å². The van der Waals surface area contributed by atoms with Gasteiger partial charge in [-0.1, -0.05) is 0 Å². The molecule has 2 aromatic heterocycles. The first-order valence-electron chi connectivity index (χ1n) is 2.71. The molecule has 4 nitrogen and oxygen atoms in total. The zero-order valence-electron chi connectivity index (χ0n) is 4.94. The van der Waals surface area contributed by atoms with Crippen molar-refractivity contribution in [1.82, 2.24) is 20.2 Å². The maximum absolute atomic E-state index is 4.11. The van der Waals surface area contributed by atoms with Crippen LogP contribution in [0.3, 0.4) is 0 Å². The lowest BCUT2D eigenvalue weighted by Crippen LogP contribution is -1.80. The Bertz CT molecular complexity index is 355. The van der Waals surface area contributed by atoms with Gasteiger partial charge in [0.2, 0.25) is 0 Å². The van der Waals surface area contributed by atoms with E-state index in [4.69, 9.17) is 0 Å². The van der Waals surface area contributed by atoms with Crippen LogP contribution >= 0.6 is 12.6 Å². The minimum Gasteiger partial charge on any atom is -0.261 e. The monoisotopic (exact) mass is 152 g/mol. The Hall–Kier alpha value is -1.10. The Morgan fingerprint density at radius 1 is 1.40 bits per heavy atom. The van der Waals surface area contributed by atoms with Crippen LogP contribution in [0.5, 0.6) is 0 Å². The largest absolute Gasteiger partial charge is 0.261 e. The number of hydrogen-bond acceptors (Lipinski definition) is 4. The van der Waals surface area contributed by atoms with E-state index in [0.717, 1.165) is 11.0 Å². The molecule has 0 radical (unpaired) electrons. The van der Waals surface area contributed by atoms with Crippen LogP contribution in [0.25, 0.3) is 11.0 Å². The van der Waals surface area contributed by atoms with E-state index in [1.807, 2.05) is 0 Å². The van der Waals surface area contributed by atoms with Crippen LogP contribution in [0, 0.1) is 0 Å². The van der Waals surface area contributed by atoms with Gasteiger partial charge in [-0.2, -0.15) is 5.10 Å². The molecule has 2 heterocycles. The molecule has 0 aliphatic heterocycles. The first kappa shape index (κ1) is 5.67. The fourth-order valence-corrected chi connectivity index (χ4v) is 0.967. The van der Waals surface area contributed by atoms with Gasteiger partial charge in [-0.3, -0.25) is 5.10 Å². The number of hydrogen-bond donors (Lipinski definition) is 2. The van der Waals surface area contributed by atoms with Gasteiger partial charge in [0.05, 0.1) is 11.6 Å². The number of H-pyrrole nitrogens is 1. The third kappa shape index (κ3) is 0.672. The lowest BCUT2D eigenvalue weighted by Gasteiger charge is -1.88. The second kappa shape index (κ2) is 1.95. The topological polar surface area (TPSA) is 54.5 Å². The van der Waals surface area contributed by atoms with Crippen LogP contribution in [0.15, 0.2) is 17.6 Å². The van der Waals surface area contributed by atoms with E-state index in [2.05, 4.69) is 32.8 Å². The second-order valence-corrected chi connectivity index (χ2v) is 2.25. The Balaban J connectivity index is 2.95. The van der Waals surface area contributed by atoms with E-state index in [-0.39, 0.29) is 0 Å². The highest BCUT2D eigenvalue weighted by Gasteiger charge is 1.98. The summed E-state index contributed by atoms with van der Waals surface area (Å²) in [6, 6.07) is 0. The predicted octanol–water partition coefficient (Wildman–Crippen LogP) is 0.642. The van der Waals surface area contributed by atoms with Crippen molar-refractivity contribution in [2.45, 2.75) is 5.03 Å². The molecule has 0 saturated carbocycles. The van der Waals surface area contributed by atoms with Gasteiger partial charge in [0.15, 0.2) is 5.65 Å². The van der Waals surface area contributed by atoms with E-state index in [9.17, 15) is 0 Å². The second-order valence-electron chi connectivity index (χ2n) is 1.83. The summed E-state index contributed by atoms with van der Waals surface area (Å²) >= 11 is 4.11. The first-order chi connectivity index (χ1) is 4.88. The Labute approximate surface area is 62.1 Å². The molecule has 0 aromatic carbocycles. The molecule has 10 heavy (non-hydrogen) atoms. The highest BCUT2D eigenvalue weighted by molar-refractivity contribution is 7.80. The summed E-state index contributed by atoms with van der Waals surface area (Å²) in [5, 5.41) is 8.00. The van der Waals surface area contributed by atoms with Crippen molar-refractivity contribution in [2.75, 3.05) is 0 Å². The summed E-state index contributed by atoms with van der Waals surface area (Å²) in [6.07, 6.45) is 3.10. The smallest absolute Gasteiger partial charge is 0.159 e. The summed E-state index contributed by atoms with van der Waals surface area (Å²) in [5.41, 5.74) is 0.722. The molecule has 0 unspecified atom stereocenters. The predicted molar refractivity (Wildman–Crippen MR) is 38.9 cm³/mol. The summed E-state index contributed by atoms with van der Waals surface area (Å²) in [4.78, 5) is 7.80. The van der Waals surface area contributed by atoms with Crippen LogP contribution in [0.2, 0.25) is 0 Å². The number of nitrogens with one attached hydrogen (secondary N) is 1. The minimum absolute atomic E-state index is 0.652. The van der Waals surface area contributed by atoms with Gasteiger partial charge in [-0.15, -0.1) is 12.6 Å². The first-order valence-corrected chi connectivity index (χ1v) is 3.15. The van der Waals surface area contributed by atoms with Crippen molar-refractivity contribution < 1.29 is 0 Å². The SMILES string of the molecule is Sc1ncnc2[nH]ncc12. The molecule has 2 rings (SSSR count). The lowest BCUT2D eigenvalue weighted by molar-refractivity contribution is 1.07. The third-order valence-corrected chi connectivity index (χ3v) is 1.58. The van der Waals surface area contributed by atoms with E-state index in [0.29, 0.717) is 5.03 Å². The highest BCUT2D eigenvalue weighted by Crippen LogP contribution is 2.13. The number of nitrogens with zero attached hydrogens (tertiary/aromatic N) is 3. The summed E-state index contributed by atoms with van der Waals surface area (Å²) in [6.45, 7) is 0. The van der Waals surface area contributed by atoms with E-state index in [1.54, 1.807) is 6.20 Å². The standard InChI is InChI=1S/C5H4N4S/c10-5-3-1-8-9-4(3)6-2-7-5/h1-2H,(H2,6,7,8,9,10). The van der Waals surface area contributed by atoms with E-state index < -0.39 is 0 Å². The van der Waals surface area contributed by atoms with Crippen molar-refractivity contribution >= 4 is 23.7 Å². The van der Waals surface area contributed by atoms with Gasteiger partial charge in [0, 0.05) is 0 Å². The summed E-state index contributed by atoms with van der Waals surface area (Å²) in [5.74, 6) is 0. The molecule has 0 aliphatic rings. The van der Waals surface area contributed by atoms with Gasteiger partial charge in [0.1, 0.15) is 11.4 Å². The van der Waals surface area contributed by atoms with Gasteiger partial charge in [0.25, 0.3) is 0 Å². The van der Waals surface area contributed by atoms with Crippen LogP contribution in [0.4, 0.5) is 0 Å². The molecule has 0 amide bonds. The van der Waals surface area contributed by atoms with Crippen LogP contribution in [0.1, 0.15) is 0 Å². The third-order valence-electron chi connectivity index (χ3n) is 1.23. The number of fused-ring (bicyclic) bond motifs is 1. The maximum atomic E-state index is 4.11. The number of thiol groups is 1. The van der Waals surface area contributed by atoms with Crippen LogP contribution in [-0.4, -0.2) is 20.2 Å². The molecule has 50 valence electrons. The normalized spacial score (nSPS) is 10.5. The highest BCUT2D eigenvalue weighted by atomic mass is 32.1. The minimum atomic E-state index is 0.652. The van der Waals surface area contributed by atoms with Gasteiger partial charge in [-0.05, 0) is 0 Å². The van der Waals surface area contributed by atoms with Crippen molar-refractivity contribution in [1.29, 1.82) is 0 Å². The number of aromatic nitrogens is 4. The van der Waals surface area contributed by atoms with Gasteiger partial charge < -0.3 is 0 Å². The molecule has 0 bridgehead atoms. The zero-order chi connectivity index (χ0) is 6.97. The Morgan fingerprint density at radius 3 is 3.10 bits per heavy atom. The summed E-state index contributed by atoms with van der Waals surface area (Å²) < 4.78 is 0. The van der Waals surface area contributed by atoms with Gasteiger partial charge >= 0.3 is 0 Å². The zero-order valence-corrected chi connectivity index (χ0v) is 5.84. The molecule has 1 N–H and O–H groups in total. The number of aromatic amines is 1. The molecular weight excluding hydrogens is 148 g/mol.